The maximum Gasteiger partial charge on any atom is 0.237 e. The van der Waals surface area contributed by atoms with Gasteiger partial charge in [0.15, 0.2) is 5.78 Å². The van der Waals surface area contributed by atoms with E-state index in [9.17, 15) is 9.59 Å². The SMILES string of the molecule is CC(=O)C(CC1CCC1)NC(=O)C1CCCN1C. The predicted molar refractivity (Wildman–Crippen MR) is 70.2 cm³/mol. The standard InChI is InChI=1S/C14H24N2O2/c1-10(17)12(9-11-5-3-6-11)15-14(18)13-7-4-8-16(13)2/h11-13H,3-9H2,1-2H3,(H,15,18). The molecule has 0 bridgehead atoms. The van der Waals surface area contributed by atoms with Gasteiger partial charge in [0.2, 0.25) is 5.91 Å². The number of Topliss-reactive ketones (excluding diaryl/α,β-unsaturated/α-hetero) is 1. The molecule has 4 nitrogen and oxygen atoms in total. The van der Waals surface area contributed by atoms with Crippen molar-refractivity contribution in [2.24, 2.45) is 5.92 Å². The molecule has 1 aliphatic carbocycles. The smallest absolute Gasteiger partial charge is 0.237 e. The van der Waals surface area contributed by atoms with Gasteiger partial charge in [-0.05, 0) is 45.7 Å². The highest BCUT2D eigenvalue weighted by atomic mass is 16.2. The quantitative estimate of drug-likeness (QED) is 0.803. The first kappa shape index (κ1) is 13.5. The van der Waals surface area contributed by atoms with Gasteiger partial charge in [-0.1, -0.05) is 19.3 Å². The largest absolute Gasteiger partial charge is 0.345 e. The molecule has 0 aromatic rings. The molecule has 0 aromatic carbocycles. The van der Waals surface area contributed by atoms with Crippen LogP contribution in [0.15, 0.2) is 0 Å². The van der Waals surface area contributed by atoms with Gasteiger partial charge in [-0.15, -0.1) is 0 Å². The summed E-state index contributed by atoms with van der Waals surface area (Å²) in [7, 11) is 1.98. The van der Waals surface area contributed by atoms with E-state index >= 15 is 0 Å². The van der Waals surface area contributed by atoms with Crippen LogP contribution in [0, 0.1) is 5.92 Å². The lowest BCUT2D eigenvalue weighted by atomic mass is 9.80. The van der Waals surface area contributed by atoms with Crippen molar-refractivity contribution in [1.29, 1.82) is 0 Å². The lowest BCUT2D eigenvalue weighted by Crippen LogP contribution is -2.49. The topological polar surface area (TPSA) is 49.4 Å². The summed E-state index contributed by atoms with van der Waals surface area (Å²) in [4.78, 5) is 25.9. The Morgan fingerprint density at radius 1 is 1.28 bits per heavy atom. The number of carbonyl (C=O) groups is 2. The fourth-order valence-electron chi connectivity index (χ4n) is 2.90. The molecule has 2 fully saturated rings. The molecular weight excluding hydrogens is 228 g/mol. The molecule has 2 atom stereocenters. The highest BCUT2D eigenvalue weighted by Crippen LogP contribution is 2.30. The van der Waals surface area contributed by atoms with Gasteiger partial charge in [0, 0.05) is 0 Å². The van der Waals surface area contributed by atoms with E-state index in [-0.39, 0.29) is 23.8 Å². The zero-order valence-electron chi connectivity index (χ0n) is 11.4. The highest BCUT2D eigenvalue weighted by Gasteiger charge is 2.31. The van der Waals surface area contributed by atoms with Crippen LogP contribution < -0.4 is 5.32 Å². The third kappa shape index (κ3) is 3.10. The highest BCUT2D eigenvalue weighted by molar-refractivity contribution is 5.89. The Morgan fingerprint density at radius 3 is 2.44 bits per heavy atom. The van der Waals surface area contributed by atoms with E-state index in [1.165, 1.54) is 19.3 Å². The number of ketones is 1. The fraction of sp³-hybridized carbons (Fsp3) is 0.857. The molecule has 102 valence electrons. The monoisotopic (exact) mass is 252 g/mol. The van der Waals surface area contributed by atoms with Gasteiger partial charge >= 0.3 is 0 Å². The summed E-state index contributed by atoms with van der Waals surface area (Å²) < 4.78 is 0. The minimum atomic E-state index is -0.267. The summed E-state index contributed by atoms with van der Waals surface area (Å²) >= 11 is 0. The molecule has 1 N–H and O–H groups in total. The average Bonchev–Trinajstić information content (AvgIpc) is 2.67. The predicted octanol–water partition coefficient (Wildman–Crippen LogP) is 1.34. The van der Waals surface area contributed by atoms with Crippen molar-refractivity contribution < 1.29 is 9.59 Å². The Balaban J connectivity index is 1.87. The second kappa shape index (κ2) is 5.83. The van der Waals surface area contributed by atoms with Crippen LogP contribution in [0.4, 0.5) is 0 Å². The van der Waals surface area contributed by atoms with E-state index in [0.717, 1.165) is 25.8 Å². The van der Waals surface area contributed by atoms with E-state index in [0.29, 0.717) is 5.92 Å². The normalized spacial score (nSPS) is 26.7. The van der Waals surface area contributed by atoms with Crippen molar-refractivity contribution >= 4 is 11.7 Å². The van der Waals surface area contributed by atoms with Crippen molar-refractivity contribution in [2.75, 3.05) is 13.6 Å². The zero-order valence-corrected chi connectivity index (χ0v) is 11.4. The minimum absolute atomic E-state index is 0.0340. The zero-order chi connectivity index (χ0) is 13.1. The molecule has 2 aliphatic rings. The number of nitrogens with one attached hydrogen (secondary N) is 1. The molecule has 2 rings (SSSR count). The van der Waals surface area contributed by atoms with Crippen molar-refractivity contribution in [3.63, 3.8) is 0 Å². The molecule has 18 heavy (non-hydrogen) atoms. The number of hydrogen-bond acceptors (Lipinski definition) is 3. The van der Waals surface area contributed by atoms with E-state index in [2.05, 4.69) is 10.2 Å². The Hall–Kier alpha value is -0.900. The van der Waals surface area contributed by atoms with Gasteiger partial charge < -0.3 is 5.32 Å². The second-order valence-corrected chi connectivity index (χ2v) is 5.84. The van der Waals surface area contributed by atoms with Gasteiger partial charge in [-0.2, -0.15) is 0 Å². The maximum absolute atomic E-state index is 12.2. The van der Waals surface area contributed by atoms with Crippen molar-refractivity contribution in [2.45, 2.75) is 57.5 Å². The summed E-state index contributed by atoms with van der Waals surface area (Å²) in [5, 5.41) is 2.96. The molecule has 1 saturated carbocycles. The molecular formula is C14H24N2O2. The van der Waals surface area contributed by atoms with Crippen LogP contribution in [0.25, 0.3) is 0 Å². The van der Waals surface area contributed by atoms with Gasteiger partial charge in [0.05, 0.1) is 12.1 Å². The summed E-state index contributed by atoms with van der Waals surface area (Å²) in [6, 6.07) is -0.301. The van der Waals surface area contributed by atoms with E-state index < -0.39 is 0 Å². The second-order valence-electron chi connectivity index (χ2n) is 5.84. The lowest BCUT2D eigenvalue weighted by Gasteiger charge is -2.30. The number of likely N-dealkylation sites (N-methyl/N-ethyl adjacent to an activating group) is 1. The summed E-state index contributed by atoms with van der Waals surface area (Å²) in [6.07, 6.45) is 6.51. The maximum atomic E-state index is 12.2. The fourth-order valence-corrected chi connectivity index (χ4v) is 2.90. The minimum Gasteiger partial charge on any atom is -0.345 e. The van der Waals surface area contributed by atoms with E-state index in [1.54, 1.807) is 6.92 Å². The summed E-state index contributed by atoms with van der Waals surface area (Å²) in [5.74, 6) is 0.769. The third-order valence-corrected chi connectivity index (χ3v) is 4.42. The van der Waals surface area contributed by atoms with Crippen LogP contribution in [-0.4, -0.2) is 42.3 Å². The number of rotatable bonds is 5. The summed E-state index contributed by atoms with van der Waals surface area (Å²) in [5.41, 5.74) is 0. The molecule has 1 saturated heterocycles. The Morgan fingerprint density at radius 2 is 2.00 bits per heavy atom. The molecule has 0 aromatic heterocycles. The van der Waals surface area contributed by atoms with Crippen LogP contribution in [0.2, 0.25) is 0 Å². The Labute approximate surface area is 109 Å². The molecule has 0 spiro atoms. The number of carbonyl (C=O) groups excluding carboxylic acids is 2. The number of likely N-dealkylation sites (tertiary alicyclic amines) is 1. The molecule has 1 amide bonds. The van der Waals surface area contributed by atoms with Crippen molar-refractivity contribution in [3.8, 4) is 0 Å². The van der Waals surface area contributed by atoms with Crippen LogP contribution in [0.3, 0.4) is 0 Å². The molecule has 1 aliphatic heterocycles. The van der Waals surface area contributed by atoms with Crippen LogP contribution in [0.1, 0.15) is 45.4 Å². The Bertz CT molecular complexity index is 326. The molecule has 4 heteroatoms. The van der Waals surface area contributed by atoms with Crippen molar-refractivity contribution in [1.82, 2.24) is 10.2 Å². The molecule has 0 radical (unpaired) electrons. The van der Waals surface area contributed by atoms with Crippen LogP contribution in [-0.2, 0) is 9.59 Å². The third-order valence-electron chi connectivity index (χ3n) is 4.42. The van der Waals surface area contributed by atoms with Gasteiger partial charge in [-0.3, -0.25) is 14.5 Å². The van der Waals surface area contributed by atoms with E-state index in [1.807, 2.05) is 7.05 Å². The van der Waals surface area contributed by atoms with E-state index in [4.69, 9.17) is 0 Å². The van der Waals surface area contributed by atoms with Gasteiger partial charge in [0.1, 0.15) is 0 Å². The number of amides is 1. The first-order chi connectivity index (χ1) is 8.58. The van der Waals surface area contributed by atoms with Gasteiger partial charge in [-0.25, -0.2) is 0 Å². The number of hydrogen-bond donors (Lipinski definition) is 1. The average molecular weight is 252 g/mol. The van der Waals surface area contributed by atoms with Crippen LogP contribution in [0.5, 0.6) is 0 Å². The lowest BCUT2D eigenvalue weighted by molar-refractivity contribution is -0.130. The van der Waals surface area contributed by atoms with Gasteiger partial charge in [0.25, 0.3) is 0 Å². The first-order valence-electron chi connectivity index (χ1n) is 7.09. The number of nitrogens with zero attached hydrogens (tertiary/aromatic N) is 1. The molecule has 1 heterocycles. The summed E-state index contributed by atoms with van der Waals surface area (Å²) in [6.45, 7) is 2.56. The van der Waals surface area contributed by atoms with Crippen LogP contribution >= 0.6 is 0 Å². The first-order valence-corrected chi connectivity index (χ1v) is 7.09. The van der Waals surface area contributed by atoms with Crippen molar-refractivity contribution in [3.05, 3.63) is 0 Å². The Kier molecular flexibility index (Phi) is 4.38. The molecule has 2 unspecified atom stereocenters.